The first-order chi connectivity index (χ1) is 12.6. The number of carbonyl (C=O) groups is 2. The second-order valence-corrected chi connectivity index (χ2v) is 8.14. The molecule has 2 amide bonds. The zero-order valence-corrected chi connectivity index (χ0v) is 15.7. The monoisotopic (exact) mass is 359 g/mol. The predicted octanol–water partition coefficient (Wildman–Crippen LogP) is 3.08. The Morgan fingerprint density at radius 1 is 0.962 bits per heavy atom. The van der Waals surface area contributed by atoms with Gasteiger partial charge in [-0.25, -0.2) is 0 Å². The molecule has 3 aliphatic rings. The highest BCUT2D eigenvalue weighted by atomic mass is 16.5. The molecule has 0 bridgehead atoms. The fraction of sp³-hybridized carbons (Fsp3) is 0.750. The van der Waals surface area contributed by atoms with E-state index in [0.717, 1.165) is 69.6 Å². The van der Waals surface area contributed by atoms with Gasteiger partial charge >= 0.3 is 0 Å². The van der Waals surface area contributed by atoms with Gasteiger partial charge in [0.2, 0.25) is 11.8 Å². The van der Waals surface area contributed by atoms with Gasteiger partial charge in [-0.1, -0.05) is 18.0 Å². The van der Waals surface area contributed by atoms with Crippen LogP contribution in [-0.2, 0) is 9.59 Å². The largest absolute Gasteiger partial charge is 0.359 e. The Morgan fingerprint density at radius 2 is 1.65 bits per heavy atom. The molecule has 1 aromatic rings. The molecule has 1 aromatic heterocycles. The topological polar surface area (TPSA) is 66.7 Å². The molecule has 3 heterocycles. The lowest BCUT2D eigenvalue weighted by Gasteiger charge is -2.35. The summed E-state index contributed by atoms with van der Waals surface area (Å²) in [5, 5.41) is 3.98. The van der Waals surface area contributed by atoms with Crippen LogP contribution in [0.25, 0.3) is 0 Å². The van der Waals surface area contributed by atoms with Crippen LogP contribution in [0.2, 0.25) is 0 Å². The van der Waals surface area contributed by atoms with E-state index in [0.29, 0.717) is 5.91 Å². The molecule has 0 aromatic carbocycles. The highest BCUT2D eigenvalue weighted by Gasteiger charge is 2.38. The number of aryl methyl sites for hydroxylation is 1. The molecule has 1 saturated carbocycles. The lowest BCUT2D eigenvalue weighted by Crippen LogP contribution is -2.45. The van der Waals surface area contributed by atoms with Gasteiger partial charge in [0, 0.05) is 37.5 Å². The molecule has 0 radical (unpaired) electrons. The van der Waals surface area contributed by atoms with Crippen LogP contribution >= 0.6 is 0 Å². The van der Waals surface area contributed by atoms with Crippen molar-refractivity contribution in [3.8, 4) is 0 Å². The van der Waals surface area contributed by atoms with Crippen LogP contribution in [0.4, 0.5) is 0 Å². The van der Waals surface area contributed by atoms with Crippen molar-refractivity contribution in [2.75, 3.05) is 19.6 Å². The third-order valence-corrected chi connectivity index (χ3v) is 6.37. The molecule has 142 valence electrons. The van der Waals surface area contributed by atoms with E-state index < -0.39 is 0 Å². The highest BCUT2D eigenvalue weighted by Crippen LogP contribution is 2.35. The fourth-order valence-electron chi connectivity index (χ4n) is 4.88. The summed E-state index contributed by atoms with van der Waals surface area (Å²) in [6, 6.07) is 1.97. The summed E-state index contributed by atoms with van der Waals surface area (Å²) in [5.74, 6) is 1.63. The van der Waals surface area contributed by atoms with Gasteiger partial charge in [-0.15, -0.1) is 0 Å². The van der Waals surface area contributed by atoms with Crippen molar-refractivity contribution >= 4 is 11.8 Å². The van der Waals surface area contributed by atoms with Gasteiger partial charge in [-0.2, -0.15) is 0 Å². The number of aromatic nitrogens is 1. The average Bonchev–Trinajstić information content (AvgIpc) is 3.41. The van der Waals surface area contributed by atoms with Gasteiger partial charge in [-0.3, -0.25) is 9.59 Å². The molecule has 0 spiro atoms. The van der Waals surface area contributed by atoms with E-state index in [9.17, 15) is 9.59 Å². The Balaban J connectivity index is 1.35. The van der Waals surface area contributed by atoms with E-state index in [1.54, 1.807) is 0 Å². The number of piperidine rings is 1. The molecule has 0 N–H and O–H groups in total. The third kappa shape index (κ3) is 3.38. The zero-order valence-electron chi connectivity index (χ0n) is 15.7. The van der Waals surface area contributed by atoms with Crippen LogP contribution in [0.15, 0.2) is 10.6 Å². The Labute approximate surface area is 154 Å². The maximum Gasteiger partial charge on any atom is 0.226 e. The maximum absolute atomic E-state index is 13.1. The second-order valence-electron chi connectivity index (χ2n) is 8.14. The van der Waals surface area contributed by atoms with E-state index in [1.165, 1.54) is 12.8 Å². The molecule has 4 rings (SSSR count). The molecule has 2 saturated heterocycles. The average molecular weight is 359 g/mol. The number of nitrogens with zero attached hydrogens (tertiary/aromatic N) is 3. The number of rotatable bonds is 3. The van der Waals surface area contributed by atoms with Gasteiger partial charge in [0.05, 0.1) is 11.7 Å². The molecule has 6 nitrogen and oxygen atoms in total. The quantitative estimate of drug-likeness (QED) is 0.832. The standard InChI is InChI=1S/C20H29N3O3/c1-14-13-18(26-21-14)17-7-4-10-23(17)20(25)16-8-11-22(12-9-16)19(24)15-5-2-3-6-15/h13,15-17H,2-12H2,1H3/t17-/m0/s1. The fourth-order valence-corrected chi connectivity index (χ4v) is 4.88. The van der Waals surface area contributed by atoms with Crippen LogP contribution in [-0.4, -0.2) is 46.4 Å². The van der Waals surface area contributed by atoms with E-state index >= 15 is 0 Å². The number of carbonyl (C=O) groups excluding carboxylic acids is 2. The number of hydrogen-bond acceptors (Lipinski definition) is 4. The van der Waals surface area contributed by atoms with Gasteiger partial charge in [0.15, 0.2) is 5.76 Å². The van der Waals surface area contributed by atoms with Crippen LogP contribution in [0.5, 0.6) is 0 Å². The van der Waals surface area contributed by atoms with Gasteiger partial charge in [0.25, 0.3) is 0 Å². The van der Waals surface area contributed by atoms with Crippen molar-refractivity contribution in [1.82, 2.24) is 15.0 Å². The molecule has 6 heteroatoms. The summed E-state index contributed by atoms with van der Waals surface area (Å²) in [6.07, 6.45) is 7.99. The van der Waals surface area contributed by atoms with Crippen LogP contribution in [0.1, 0.15) is 68.9 Å². The third-order valence-electron chi connectivity index (χ3n) is 6.37. The van der Waals surface area contributed by atoms with Crippen LogP contribution in [0.3, 0.4) is 0 Å². The minimum atomic E-state index is 0.0295. The van der Waals surface area contributed by atoms with Gasteiger partial charge in [0.1, 0.15) is 0 Å². The summed E-state index contributed by atoms with van der Waals surface area (Å²) in [5.41, 5.74) is 0.859. The minimum absolute atomic E-state index is 0.0295. The normalized spacial score (nSPS) is 25.2. The van der Waals surface area contributed by atoms with E-state index in [-0.39, 0.29) is 23.8 Å². The minimum Gasteiger partial charge on any atom is -0.359 e. The first kappa shape index (κ1) is 17.6. The SMILES string of the molecule is Cc1cc([C@@H]2CCCN2C(=O)C2CCN(C(=O)C3CCCC3)CC2)on1. The molecule has 26 heavy (non-hydrogen) atoms. The molecular formula is C20H29N3O3. The summed E-state index contributed by atoms with van der Waals surface area (Å²) in [4.78, 5) is 29.7. The number of amides is 2. The van der Waals surface area contributed by atoms with Gasteiger partial charge in [-0.05, 0) is 45.4 Å². The van der Waals surface area contributed by atoms with Crippen molar-refractivity contribution in [1.29, 1.82) is 0 Å². The smallest absolute Gasteiger partial charge is 0.226 e. The lowest BCUT2D eigenvalue weighted by atomic mass is 9.93. The second kappa shape index (κ2) is 7.41. The molecule has 3 fully saturated rings. The number of likely N-dealkylation sites (tertiary alicyclic amines) is 2. The van der Waals surface area contributed by atoms with Crippen molar-refractivity contribution in [2.24, 2.45) is 11.8 Å². The summed E-state index contributed by atoms with van der Waals surface area (Å²) in [6.45, 7) is 4.16. The first-order valence-corrected chi connectivity index (χ1v) is 10.2. The summed E-state index contributed by atoms with van der Waals surface area (Å²) in [7, 11) is 0. The van der Waals surface area contributed by atoms with Crippen molar-refractivity contribution in [3.63, 3.8) is 0 Å². The van der Waals surface area contributed by atoms with Gasteiger partial charge < -0.3 is 14.3 Å². The molecular weight excluding hydrogens is 330 g/mol. The van der Waals surface area contributed by atoms with Crippen LogP contribution < -0.4 is 0 Å². The number of hydrogen-bond donors (Lipinski definition) is 0. The summed E-state index contributed by atoms with van der Waals surface area (Å²) >= 11 is 0. The molecule has 1 aliphatic carbocycles. The van der Waals surface area contributed by atoms with Crippen molar-refractivity contribution in [2.45, 2.75) is 64.3 Å². The Bertz CT molecular complexity index is 657. The Kier molecular flexibility index (Phi) is 5.00. The molecule has 1 atom stereocenters. The Hall–Kier alpha value is -1.85. The summed E-state index contributed by atoms with van der Waals surface area (Å²) < 4.78 is 5.42. The van der Waals surface area contributed by atoms with Crippen LogP contribution in [0, 0.1) is 18.8 Å². The van der Waals surface area contributed by atoms with Crippen molar-refractivity contribution in [3.05, 3.63) is 17.5 Å². The maximum atomic E-state index is 13.1. The van der Waals surface area contributed by atoms with E-state index in [2.05, 4.69) is 5.16 Å². The zero-order chi connectivity index (χ0) is 18.1. The van der Waals surface area contributed by atoms with Crippen molar-refractivity contribution < 1.29 is 14.1 Å². The lowest BCUT2D eigenvalue weighted by molar-refractivity contribution is -0.143. The highest BCUT2D eigenvalue weighted by molar-refractivity contribution is 5.81. The molecule has 2 aliphatic heterocycles. The van der Waals surface area contributed by atoms with E-state index in [4.69, 9.17) is 4.52 Å². The Morgan fingerprint density at radius 3 is 2.31 bits per heavy atom. The first-order valence-electron chi connectivity index (χ1n) is 10.2. The molecule has 0 unspecified atom stereocenters. The predicted molar refractivity (Wildman–Crippen MR) is 96.2 cm³/mol. The van der Waals surface area contributed by atoms with E-state index in [1.807, 2.05) is 22.8 Å².